The van der Waals surface area contributed by atoms with E-state index in [-0.39, 0.29) is 11.8 Å². The number of thioether (sulfide) groups is 1. The minimum absolute atomic E-state index is 0.190. The number of benzene rings is 2. The van der Waals surface area contributed by atoms with Gasteiger partial charge in [0.1, 0.15) is 5.82 Å². The fourth-order valence-electron chi connectivity index (χ4n) is 4.16. The van der Waals surface area contributed by atoms with E-state index in [1.807, 2.05) is 24.3 Å². The van der Waals surface area contributed by atoms with Gasteiger partial charge in [0, 0.05) is 31.7 Å². The number of hydrogen-bond donors (Lipinski definition) is 0. The van der Waals surface area contributed by atoms with Gasteiger partial charge in [-0.2, -0.15) is 0 Å². The number of piperazine rings is 1. The van der Waals surface area contributed by atoms with Gasteiger partial charge in [0.25, 0.3) is 11.8 Å². The van der Waals surface area contributed by atoms with Crippen molar-refractivity contribution in [3.63, 3.8) is 0 Å². The molecule has 0 atom stereocenters. The molecule has 2 aromatic rings. The Morgan fingerprint density at radius 1 is 0.969 bits per heavy atom. The van der Waals surface area contributed by atoms with E-state index in [1.54, 1.807) is 4.90 Å². The molecule has 0 spiro atoms. The molecule has 3 heterocycles. The second kappa shape index (κ2) is 8.40. The van der Waals surface area contributed by atoms with E-state index in [0.29, 0.717) is 27.2 Å². The van der Waals surface area contributed by atoms with Gasteiger partial charge in [0.15, 0.2) is 4.32 Å². The molecule has 9 heteroatoms. The van der Waals surface area contributed by atoms with E-state index in [0.717, 1.165) is 49.2 Å². The number of nitrogens with zero attached hydrogens (tertiary/aromatic N) is 4. The third kappa shape index (κ3) is 3.65. The van der Waals surface area contributed by atoms with Gasteiger partial charge in [-0.05, 0) is 37.4 Å². The summed E-state index contributed by atoms with van der Waals surface area (Å²) < 4.78 is 13.7. The number of hydrogen-bond acceptors (Lipinski definition) is 6. The maximum atomic E-state index is 13.6. The number of amides is 2. The Hall–Kier alpha value is -2.59. The second-order valence-electron chi connectivity index (χ2n) is 8.00. The van der Waals surface area contributed by atoms with Crippen molar-refractivity contribution in [1.29, 1.82) is 0 Å². The van der Waals surface area contributed by atoms with Crippen LogP contribution in [0.4, 0.5) is 15.8 Å². The lowest BCUT2D eigenvalue weighted by Crippen LogP contribution is -2.49. The van der Waals surface area contributed by atoms with Crippen LogP contribution < -0.4 is 9.80 Å². The summed E-state index contributed by atoms with van der Waals surface area (Å²) in [7, 11) is 2.09. The summed E-state index contributed by atoms with van der Waals surface area (Å²) in [4.78, 5) is 34.9. The molecule has 2 aromatic carbocycles. The fourth-order valence-corrected chi connectivity index (χ4v) is 5.53. The molecule has 0 unspecified atom stereocenters. The molecule has 164 valence electrons. The minimum Gasteiger partial charge on any atom is -0.304 e. The number of carbonyl (C=O) groups is 2. The van der Waals surface area contributed by atoms with Crippen LogP contribution in [0.1, 0.15) is 5.56 Å². The number of likely N-dealkylation sites (N-methyl/N-ethyl adjacent to an activating group) is 1. The van der Waals surface area contributed by atoms with E-state index >= 15 is 0 Å². The summed E-state index contributed by atoms with van der Waals surface area (Å²) in [5.41, 5.74) is 2.42. The van der Waals surface area contributed by atoms with E-state index in [9.17, 15) is 14.0 Å². The second-order valence-corrected chi connectivity index (χ2v) is 9.65. The summed E-state index contributed by atoms with van der Waals surface area (Å²) >= 11 is 6.58. The number of para-hydroxylation sites is 1. The van der Waals surface area contributed by atoms with Crippen molar-refractivity contribution in [2.45, 2.75) is 0 Å². The first kappa shape index (κ1) is 21.3. The van der Waals surface area contributed by atoms with Crippen molar-refractivity contribution >= 4 is 57.1 Å². The van der Waals surface area contributed by atoms with Gasteiger partial charge in [0.2, 0.25) is 0 Å². The van der Waals surface area contributed by atoms with Crippen molar-refractivity contribution < 1.29 is 14.0 Å². The molecule has 3 aliphatic rings. The van der Waals surface area contributed by atoms with Gasteiger partial charge in [-0.15, -0.1) is 0 Å². The first-order valence-corrected chi connectivity index (χ1v) is 11.5. The maximum absolute atomic E-state index is 13.6. The largest absolute Gasteiger partial charge is 0.304 e. The van der Waals surface area contributed by atoms with Gasteiger partial charge in [-0.3, -0.25) is 24.3 Å². The summed E-state index contributed by atoms with van der Waals surface area (Å²) in [6.07, 6.45) is 0. The van der Waals surface area contributed by atoms with Crippen molar-refractivity contribution in [2.24, 2.45) is 0 Å². The van der Waals surface area contributed by atoms with Crippen LogP contribution in [0.25, 0.3) is 5.57 Å². The number of halogens is 1. The molecular formula is C23H21FN4O2S2. The van der Waals surface area contributed by atoms with Gasteiger partial charge in [-0.25, -0.2) is 4.39 Å². The van der Waals surface area contributed by atoms with Crippen LogP contribution in [-0.2, 0) is 9.59 Å². The average molecular weight is 469 g/mol. The SMILES string of the molecule is CN1CCN(CN2C(=O)/C(=C3\SC(=S)N(c4ccc(F)cc4)C3=O)c3ccccc32)CC1. The lowest BCUT2D eigenvalue weighted by molar-refractivity contribution is -0.115. The quantitative estimate of drug-likeness (QED) is 0.510. The van der Waals surface area contributed by atoms with E-state index in [2.05, 4.69) is 16.8 Å². The third-order valence-corrected chi connectivity index (χ3v) is 7.31. The summed E-state index contributed by atoms with van der Waals surface area (Å²) in [6, 6.07) is 13.1. The van der Waals surface area contributed by atoms with Crippen LogP contribution in [0.2, 0.25) is 0 Å². The highest BCUT2D eigenvalue weighted by Crippen LogP contribution is 2.45. The predicted molar refractivity (Wildman–Crippen MR) is 129 cm³/mol. The first-order valence-electron chi connectivity index (χ1n) is 10.3. The van der Waals surface area contributed by atoms with Crippen LogP contribution in [-0.4, -0.2) is 65.8 Å². The molecule has 0 bridgehead atoms. The molecule has 32 heavy (non-hydrogen) atoms. The highest BCUT2D eigenvalue weighted by molar-refractivity contribution is 8.27. The topological polar surface area (TPSA) is 47.1 Å². The Morgan fingerprint density at radius 3 is 2.38 bits per heavy atom. The van der Waals surface area contributed by atoms with Crippen molar-refractivity contribution in [3.8, 4) is 0 Å². The number of thiocarbonyl (C=S) groups is 1. The predicted octanol–water partition coefficient (Wildman–Crippen LogP) is 3.15. The fraction of sp³-hybridized carbons (Fsp3) is 0.261. The summed E-state index contributed by atoms with van der Waals surface area (Å²) in [5.74, 6) is -0.937. The van der Waals surface area contributed by atoms with Crippen LogP contribution in [0, 0.1) is 5.82 Å². The Bertz CT molecular complexity index is 1140. The lowest BCUT2D eigenvalue weighted by Gasteiger charge is -2.34. The Labute approximate surface area is 195 Å². The molecule has 2 saturated heterocycles. The number of anilines is 2. The molecule has 6 nitrogen and oxygen atoms in total. The zero-order valence-corrected chi connectivity index (χ0v) is 19.1. The van der Waals surface area contributed by atoms with E-state index < -0.39 is 5.82 Å². The molecule has 3 aliphatic heterocycles. The van der Waals surface area contributed by atoms with Crippen molar-refractivity contribution in [3.05, 3.63) is 64.8 Å². The van der Waals surface area contributed by atoms with Crippen molar-refractivity contribution in [1.82, 2.24) is 9.80 Å². The summed E-state index contributed by atoms with van der Waals surface area (Å²) in [5, 5.41) is 0. The Kier molecular flexibility index (Phi) is 5.58. The first-order chi connectivity index (χ1) is 15.4. The Morgan fingerprint density at radius 2 is 1.66 bits per heavy atom. The number of fused-ring (bicyclic) bond motifs is 1. The van der Waals surface area contributed by atoms with Gasteiger partial charge >= 0.3 is 0 Å². The Balaban J connectivity index is 1.50. The molecule has 0 radical (unpaired) electrons. The normalized spacial score (nSPS) is 22.2. The highest BCUT2D eigenvalue weighted by atomic mass is 32.2. The molecule has 2 fully saturated rings. The molecule has 5 rings (SSSR count). The van der Waals surface area contributed by atoms with Crippen LogP contribution in [0.15, 0.2) is 53.4 Å². The van der Waals surface area contributed by atoms with Gasteiger partial charge in [0.05, 0.1) is 28.5 Å². The number of carbonyl (C=O) groups excluding carboxylic acids is 2. The third-order valence-electron chi connectivity index (χ3n) is 5.94. The molecular weight excluding hydrogens is 447 g/mol. The van der Waals surface area contributed by atoms with E-state index in [4.69, 9.17) is 12.2 Å². The maximum Gasteiger partial charge on any atom is 0.271 e. The zero-order chi connectivity index (χ0) is 22.4. The van der Waals surface area contributed by atoms with Crippen LogP contribution in [0.5, 0.6) is 0 Å². The minimum atomic E-state index is -0.392. The monoisotopic (exact) mass is 468 g/mol. The molecule has 0 aromatic heterocycles. The van der Waals surface area contributed by atoms with Gasteiger partial charge < -0.3 is 4.90 Å². The molecule has 2 amide bonds. The van der Waals surface area contributed by atoms with Gasteiger partial charge in [-0.1, -0.05) is 42.2 Å². The average Bonchev–Trinajstić information content (AvgIpc) is 3.23. The standard InChI is InChI=1S/C23H21FN4O2S2/c1-25-10-12-26(13-11-25)14-27-18-5-3-2-4-17(18)19(21(27)29)20-22(30)28(23(31)32-20)16-8-6-15(24)7-9-16/h2-9H,10-14H2,1H3/b20-19-. The highest BCUT2D eigenvalue weighted by Gasteiger charge is 2.42. The molecule has 0 aliphatic carbocycles. The molecule has 0 N–H and O–H groups in total. The zero-order valence-electron chi connectivity index (χ0n) is 17.5. The smallest absolute Gasteiger partial charge is 0.271 e. The summed E-state index contributed by atoms with van der Waals surface area (Å²) in [6.45, 7) is 4.14. The lowest BCUT2D eigenvalue weighted by atomic mass is 10.1. The number of rotatable bonds is 3. The molecule has 0 saturated carbocycles. The van der Waals surface area contributed by atoms with Crippen LogP contribution >= 0.6 is 24.0 Å². The van der Waals surface area contributed by atoms with E-state index in [1.165, 1.54) is 29.2 Å². The van der Waals surface area contributed by atoms with Crippen molar-refractivity contribution in [2.75, 3.05) is 49.7 Å². The van der Waals surface area contributed by atoms with Crippen LogP contribution in [0.3, 0.4) is 0 Å².